The SMILES string of the molecule is CN(C)c1ccc(N)c(OCc2nc3ccccc3s2)c1. The van der Waals surface area contributed by atoms with Crippen molar-refractivity contribution >= 4 is 32.9 Å². The van der Waals surface area contributed by atoms with Gasteiger partial charge in [0.2, 0.25) is 0 Å². The Hall–Kier alpha value is -2.27. The van der Waals surface area contributed by atoms with E-state index in [0.717, 1.165) is 16.2 Å². The van der Waals surface area contributed by atoms with E-state index >= 15 is 0 Å². The molecule has 0 aliphatic heterocycles. The minimum Gasteiger partial charge on any atom is -0.484 e. The van der Waals surface area contributed by atoms with E-state index in [-0.39, 0.29) is 0 Å². The fourth-order valence-corrected chi connectivity index (χ4v) is 2.93. The molecule has 5 heteroatoms. The number of fused-ring (bicyclic) bond motifs is 1. The van der Waals surface area contributed by atoms with Crippen molar-refractivity contribution in [3.8, 4) is 5.75 Å². The van der Waals surface area contributed by atoms with Gasteiger partial charge in [0.25, 0.3) is 0 Å². The minimum atomic E-state index is 0.431. The largest absolute Gasteiger partial charge is 0.484 e. The van der Waals surface area contributed by atoms with E-state index in [1.54, 1.807) is 11.3 Å². The second-order valence-electron chi connectivity index (χ2n) is 4.98. The Morgan fingerprint density at radius 1 is 1.19 bits per heavy atom. The van der Waals surface area contributed by atoms with Crippen LogP contribution in [0.4, 0.5) is 11.4 Å². The molecular formula is C16H17N3OS. The number of hydrogen-bond donors (Lipinski definition) is 1. The summed E-state index contributed by atoms with van der Waals surface area (Å²) in [5.41, 5.74) is 8.68. The molecule has 3 aromatic rings. The van der Waals surface area contributed by atoms with Gasteiger partial charge in [-0.2, -0.15) is 0 Å². The molecule has 0 spiro atoms. The summed E-state index contributed by atoms with van der Waals surface area (Å²) >= 11 is 1.65. The summed E-state index contributed by atoms with van der Waals surface area (Å²) in [5, 5.41) is 0.950. The predicted molar refractivity (Wildman–Crippen MR) is 89.1 cm³/mol. The van der Waals surface area contributed by atoms with Gasteiger partial charge in [-0.15, -0.1) is 11.3 Å². The summed E-state index contributed by atoms with van der Waals surface area (Å²) in [4.78, 5) is 6.58. The van der Waals surface area contributed by atoms with Crippen molar-refractivity contribution in [2.45, 2.75) is 6.61 Å². The molecule has 2 aromatic carbocycles. The van der Waals surface area contributed by atoms with Crippen LogP contribution in [0.3, 0.4) is 0 Å². The first kappa shape index (κ1) is 13.7. The standard InChI is InChI=1S/C16H17N3OS/c1-19(2)11-7-8-12(17)14(9-11)20-10-16-18-13-5-3-4-6-15(13)21-16/h3-9H,10,17H2,1-2H3. The lowest BCUT2D eigenvalue weighted by Gasteiger charge is -2.15. The number of aromatic nitrogens is 1. The highest BCUT2D eigenvalue weighted by atomic mass is 32.1. The van der Waals surface area contributed by atoms with E-state index in [1.807, 2.05) is 55.4 Å². The molecule has 108 valence electrons. The molecule has 1 heterocycles. The van der Waals surface area contributed by atoms with Crippen molar-refractivity contribution < 1.29 is 4.74 Å². The molecule has 21 heavy (non-hydrogen) atoms. The molecule has 0 atom stereocenters. The lowest BCUT2D eigenvalue weighted by molar-refractivity contribution is 0.307. The average molecular weight is 299 g/mol. The Morgan fingerprint density at radius 3 is 2.76 bits per heavy atom. The van der Waals surface area contributed by atoms with Gasteiger partial charge in [0.1, 0.15) is 17.4 Å². The third kappa shape index (κ3) is 2.92. The molecule has 0 radical (unpaired) electrons. The molecule has 0 amide bonds. The van der Waals surface area contributed by atoms with E-state index in [1.165, 1.54) is 4.70 Å². The average Bonchev–Trinajstić information content (AvgIpc) is 2.89. The van der Waals surface area contributed by atoms with Crippen LogP contribution >= 0.6 is 11.3 Å². The van der Waals surface area contributed by atoms with Gasteiger partial charge < -0.3 is 15.4 Å². The van der Waals surface area contributed by atoms with Gasteiger partial charge in [-0.25, -0.2) is 4.98 Å². The first-order chi connectivity index (χ1) is 10.1. The highest BCUT2D eigenvalue weighted by Gasteiger charge is 2.07. The number of nitrogen functional groups attached to an aromatic ring is 1. The summed E-state index contributed by atoms with van der Waals surface area (Å²) in [5.74, 6) is 0.695. The Morgan fingerprint density at radius 2 is 2.00 bits per heavy atom. The van der Waals surface area contributed by atoms with Crippen LogP contribution < -0.4 is 15.4 Å². The van der Waals surface area contributed by atoms with Gasteiger partial charge in [-0.3, -0.25) is 0 Å². The number of anilines is 2. The molecule has 1 aromatic heterocycles. The summed E-state index contributed by atoms with van der Waals surface area (Å²) < 4.78 is 7.01. The summed E-state index contributed by atoms with van der Waals surface area (Å²) in [6.45, 7) is 0.431. The Kier molecular flexibility index (Phi) is 3.66. The number of para-hydroxylation sites is 1. The maximum Gasteiger partial charge on any atom is 0.144 e. The van der Waals surface area contributed by atoms with Gasteiger partial charge in [0.15, 0.2) is 0 Å². The third-order valence-corrected chi connectivity index (χ3v) is 4.21. The topological polar surface area (TPSA) is 51.4 Å². The molecule has 0 unspecified atom stereocenters. The van der Waals surface area contributed by atoms with E-state index in [4.69, 9.17) is 10.5 Å². The molecular weight excluding hydrogens is 282 g/mol. The highest BCUT2D eigenvalue weighted by Crippen LogP contribution is 2.29. The van der Waals surface area contributed by atoms with Crippen molar-refractivity contribution in [2.75, 3.05) is 24.7 Å². The molecule has 3 rings (SSSR count). The summed E-state index contributed by atoms with van der Waals surface area (Å²) in [6.07, 6.45) is 0. The van der Waals surface area contributed by atoms with Crippen LogP contribution in [-0.4, -0.2) is 19.1 Å². The Labute approximate surface area is 127 Å². The first-order valence-electron chi connectivity index (χ1n) is 6.67. The second kappa shape index (κ2) is 5.61. The van der Waals surface area contributed by atoms with Crippen LogP contribution in [0.5, 0.6) is 5.75 Å². The minimum absolute atomic E-state index is 0.431. The van der Waals surface area contributed by atoms with Gasteiger partial charge in [0, 0.05) is 25.8 Å². The van der Waals surface area contributed by atoms with Crippen LogP contribution in [0.15, 0.2) is 42.5 Å². The van der Waals surface area contributed by atoms with Gasteiger partial charge in [0.05, 0.1) is 15.9 Å². The number of hydrogen-bond acceptors (Lipinski definition) is 5. The maximum absolute atomic E-state index is 5.97. The smallest absolute Gasteiger partial charge is 0.144 e. The van der Waals surface area contributed by atoms with Crippen molar-refractivity contribution in [1.82, 2.24) is 4.98 Å². The number of rotatable bonds is 4. The number of benzene rings is 2. The fraction of sp³-hybridized carbons (Fsp3) is 0.188. The lowest BCUT2D eigenvalue weighted by atomic mass is 10.2. The summed E-state index contributed by atoms with van der Waals surface area (Å²) in [7, 11) is 3.98. The number of thiazole rings is 1. The third-order valence-electron chi connectivity index (χ3n) is 3.20. The van der Waals surface area contributed by atoms with E-state index in [0.29, 0.717) is 18.0 Å². The maximum atomic E-state index is 5.97. The Balaban J connectivity index is 1.79. The zero-order valence-electron chi connectivity index (χ0n) is 12.0. The molecule has 0 saturated carbocycles. The van der Waals surface area contributed by atoms with Crippen LogP contribution in [0.2, 0.25) is 0 Å². The second-order valence-corrected chi connectivity index (χ2v) is 6.10. The van der Waals surface area contributed by atoms with Crippen molar-refractivity contribution in [2.24, 2.45) is 0 Å². The normalized spacial score (nSPS) is 10.8. The number of nitrogens with zero attached hydrogens (tertiary/aromatic N) is 2. The molecule has 0 bridgehead atoms. The van der Waals surface area contributed by atoms with E-state index < -0.39 is 0 Å². The molecule has 0 aliphatic rings. The molecule has 2 N–H and O–H groups in total. The van der Waals surface area contributed by atoms with Crippen molar-refractivity contribution in [3.63, 3.8) is 0 Å². The van der Waals surface area contributed by atoms with Gasteiger partial charge in [-0.05, 0) is 24.3 Å². The fourth-order valence-electron chi connectivity index (χ4n) is 2.05. The zero-order valence-corrected chi connectivity index (χ0v) is 12.9. The predicted octanol–water partition coefficient (Wildman–Crippen LogP) is 3.52. The van der Waals surface area contributed by atoms with Crippen LogP contribution in [0, 0.1) is 0 Å². The summed E-state index contributed by atoms with van der Waals surface area (Å²) in [6, 6.07) is 13.9. The zero-order chi connectivity index (χ0) is 14.8. The van der Waals surface area contributed by atoms with Crippen molar-refractivity contribution in [3.05, 3.63) is 47.5 Å². The quantitative estimate of drug-likeness (QED) is 0.749. The molecule has 0 saturated heterocycles. The lowest BCUT2D eigenvalue weighted by Crippen LogP contribution is -2.09. The van der Waals surface area contributed by atoms with Gasteiger partial charge >= 0.3 is 0 Å². The van der Waals surface area contributed by atoms with Crippen molar-refractivity contribution in [1.29, 1.82) is 0 Å². The van der Waals surface area contributed by atoms with Crippen LogP contribution in [0.1, 0.15) is 5.01 Å². The number of ether oxygens (including phenoxy) is 1. The van der Waals surface area contributed by atoms with Crippen LogP contribution in [0.25, 0.3) is 10.2 Å². The van der Waals surface area contributed by atoms with Crippen LogP contribution in [-0.2, 0) is 6.61 Å². The van der Waals surface area contributed by atoms with E-state index in [9.17, 15) is 0 Å². The monoisotopic (exact) mass is 299 g/mol. The molecule has 0 fully saturated rings. The van der Waals surface area contributed by atoms with E-state index in [2.05, 4.69) is 11.1 Å². The van der Waals surface area contributed by atoms with Gasteiger partial charge in [-0.1, -0.05) is 12.1 Å². The first-order valence-corrected chi connectivity index (χ1v) is 7.49. The molecule has 4 nitrogen and oxygen atoms in total. The molecule has 0 aliphatic carbocycles. The Bertz CT molecular complexity index is 734. The number of nitrogens with two attached hydrogens (primary N) is 1. The highest BCUT2D eigenvalue weighted by molar-refractivity contribution is 7.18.